The molecule has 1 aromatic heterocycles. The Morgan fingerprint density at radius 1 is 1.50 bits per heavy atom. The van der Waals surface area contributed by atoms with Crippen LogP contribution in [-0.2, 0) is 4.79 Å². The van der Waals surface area contributed by atoms with Gasteiger partial charge in [0.05, 0.1) is 5.92 Å². The Morgan fingerprint density at radius 3 is 2.75 bits per heavy atom. The molecule has 2 rings (SSSR count). The van der Waals surface area contributed by atoms with Gasteiger partial charge in [-0.1, -0.05) is 24.2 Å². The number of aromatic nitrogens is 2. The van der Waals surface area contributed by atoms with Gasteiger partial charge in [-0.05, 0) is 19.8 Å². The van der Waals surface area contributed by atoms with Gasteiger partial charge in [-0.3, -0.25) is 4.79 Å². The summed E-state index contributed by atoms with van der Waals surface area (Å²) in [5.74, 6) is -0.582. The minimum absolute atomic E-state index is 0. The maximum Gasteiger partial charge on any atom is 0.291 e. The van der Waals surface area contributed by atoms with E-state index in [2.05, 4.69) is 15.5 Å². The lowest BCUT2D eigenvalue weighted by atomic mass is 9.74. The number of anilines is 1. The van der Waals surface area contributed by atoms with Crippen molar-refractivity contribution < 1.29 is 13.6 Å². The fraction of sp³-hybridized carbons (Fsp3) is 0.727. The molecule has 1 aromatic rings. The number of amides is 1. The highest BCUT2D eigenvalue weighted by Gasteiger charge is 2.38. The quantitative estimate of drug-likeness (QED) is 0.895. The Bertz CT molecular complexity index is 469. The lowest BCUT2D eigenvalue weighted by Crippen LogP contribution is -2.51. The van der Waals surface area contributed by atoms with E-state index in [1.165, 1.54) is 0 Å². The third-order valence-electron chi connectivity index (χ3n) is 3.43. The topological polar surface area (TPSA) is 80.9 Å². The van der Waals surface area contributed by atoms with E-state index in [-0.39, 0.29) is 29.4 Å². The smallest absolute Gasteiger partial charge is 0.291 e. The molecular weight excluding hydrogens is 310 g/mol. The first-order valence-corrected chi connectivity index (χ1v) is 6.93. The Hall–Kier alpha value is -0.860. The van der Waals surface area contributed by atoms with Crippen molar-refractivity contribution in [3.63, 3.8) is 0 Å². The first kappa shape index (κ1) is 17.2. The molecule has 0 bridgehead atoms. The number of nitrogens with two attached hydrogens (primary N) is 1. The van der Waals surface area contributed by atoms with Crippen molar-refractivity contribution in [2.45, 2.75) is 44.6 Å². The standard InChI is InChI=1S/C11H16F2N4OS.ClH/c1-11(14)5-3-2-4-6(11)8(18)15-10-17-16-9(19-10)7(12)13;/h6-7H,2-5,14H2,1H3,(H,15,17,18);1H. The van der Waals surface area contributed by atoms with Crippen molar-refractivity contribution >= 4 is 34.8 Å². The van der Waals surface area contributed by atoms with Gasteiger partial charge in [-0.2, -0.15) is 0 Å². The SMILES string of the molecule is CC1(N)CCCCC1C(=O)Nc1nnc(C(F)F)s1.Cl. The van der Waals surface area contributed by atoms with E-state index in [0.717, 1.165) is 19.3 Å². The highest BCUT2D eigenvalue weighted by molar-refractivity contribution is 7.15. The molecule has 2 atom stereocenters. The zero-order valence-corrected chi connectivity index (χ0v) is 12.6. The van der Waals surface area contributed by atoms with Crippen molar-refractivity contribution in [1.82, 2.24) is 10.2 Å². The molecule has 1 heterocycles. The molecule has 0 aromatic carbocycles. The molecule has 0 saturated heterocycles. The molecular formula is C11H17ClF2N4OS. The van der Waals surface area contributed by atoms with Gasteiger partial charge in [0.25, 0.3) is 6.43 Å². The number of hydrogen-bond donors (Lipinski definition) is 2. The van der Waals surface area contributed by atoms with Crippen molar-refractivity contribution in [3.05, 3.63) is 5.01 Å². The number of rotatable bonds is 3. The van der Waals surface area contributed by atoms with Crippen LogP contribution in [0.1, 0.15) is 44.0 Å². The largest absolute Gasteiger partial charge is 0.325 e. The van der Waals surface area contributed by atoms with Crippen molar-refractivity contribution in [3.8, 4) is 0 Å². The summed E-state index contributed by atoms with van der Waals surface area (Å²) in [5.41, 5.74) is 5.56. The van der Waals surface area contributed by atoms with E-state index in [1.54, 1.807) is 0 Å². The van der Waals surface area contributed by atoms with Gasteiger partial charge in [0, 0.05) is 5.54 Å². The summed E-state index contributed by atoms with van der Waals surface area (Å²) >= 11 is 0.688. The van der Waals surface area contributed by atoms with Crippen LogP contribution < -0.4 is 11.1 Å². The van der Waals surface area contributed by atoms with E-state index in [0.29, 0.717) is 17.8 Å². The minimum atomic E-state index is -2.67. The van der Waals surface area contributed by atoms with E-state index < -0.39 is 17.0 Å². The number of carbonyl (C=O) groups is 1. The third-order valence-corrected chi connectivity index (χ3v) is 4.27. The van der Waals surface area contributed by atoms with Crippen molar-refractivity contribution in [1.29, 1.82) is 0 Å². The molecule has 2 unspecified atom stereocenters. The Kier molecular flexibility index (Phi) is 5.79. The highest BCUT2D eigenvalue weighted by atomic mass is 35.5. The third kappa shape index (κ3) is 3.83. The molecule has 0 spiro atoms. The number of halogens is 3. The summed E-state index contributed by atoms with van der Waals surface area (Å²) in [6.45, 7) is 1.85. The molecule has 5 nitrogen and oxygen atoms in total. The number of nitrogens with zero attached hydrogens (tertiary/aromatic N) is 2. The lowest BCUT2D eigenvalue weighted by Gasteiger charge is -2.36. The number of nitrogens with one attached hydrogen (secondary N) is 1. The monoisotopic (exact) mass is 326 g/mol. The molecule has 1 amide bonds. The summed E-state index contributed by atoms with van der Waals surface area (Å²) in [5, 5.41) is 9.10. The highest BCUT2D eigenvalue weighted by Crippen LogP contribution is 2.33. The van der Waals surface area contributed by atoms with Gasteiger partial charge in [-0.25, -0.2) is 8.78 Å². The first-order valence-electron chi connectivity index (χ1n) is 6.11. The van der Waals surface area contributed by atoms with Crippen LogP contribution >= 0.6 is 23.7 Å². The van der Waals surface area contributed by atoms with Crippen molar-refractivity contribution in [2.75, 3.05) is 5.32 Å². The zero-order chi connectivity index (χ0) is 14.0. The molecule has 114 valence electrons. The van der Waals surface area contributed by atoms with Crippen LogP contribution in [0.4, 0.5) is 13.9 Å². The summed E-state index contributed by atoms with van der Waals surface area (Å²) in [6, 6.07) is 0. The van der Waals surface area contributed by atoms with Gasteiger partial charge < -0.3 is 11.1 Å². The van der Waals surface area contributed by atoms with E-state index >= 15 is 0 Å². The van der Waals surface area contributed by atoms with Crippen LogP contribution in [0, 0.1) is 5.92 Å². The lowest BCUT2D eigenvalue weighted by molar-refractivity contribution is -0.122. The molecule has 0 aliphatic heterocycles. The normalized spacial score (nSPS) is 26.1. The van der Waals surface area contributed by atoms with Crippen LogP contribution in [0.2, 0.25) is 0 Å². The number of carbonyl (C=O) groups excluding carboxylic acids is 1. The van der Waals surface area contributed by atoms with E-state index in [4.69, 9.17) is 5.73 Å². The van der Waals surface area contributed by atoms with Crippen molar-refractivity contribution in [2.24, 2.45) is 11.7 Å². The van der Waals surface area contributed by atoms with Crippen LogP contribution in [0.15, 0.2) is 0 Å². The second-order valence-corrected chi connectivity index (χ2v) is 6.05. The van der Waals surface area contributed by atoms with Crippen LogP contribution in [0.25, 0.3) is 0 Å². The van der Waals surface area contributed by atoms with Gasteiger partial charge in [0.1, 0.15) is 0 Å². The maximum absolute atomic E-state index is 12.4. The summed E-state index contributed by atoms with van der Waals surface area (Å²) in [6.07, 6.45) is 0.773. The molecule has 1 fully saturated rings. The molecule has 3 N–H and O–H groups in total. The fourth-order valence-electron chi connectivity index (χ4n) is 2.35. The number of alkyl halides is 2. The average molecular weight is 327 g/mol. The van der Waals surface area contributed by atoms with Gasteiger partial charge in [0.2, 0.25) is 11.0 Å². The molecule has 1 saturated carbocycles. The summed E-state index contributed by atoms with van der Waals surface area (Å²) < 4.78 is 24.7. The van der Waals surface area contributed by atoms with Crippen LogP contribution in [0.3, 0.4) is 0 Å². The van der Waals surface area contributed by atoms with Gasteiger partial charge in [-0.15, -0.1) is 22.6 Å². The number of hydrogen-bond acceptors (Lipinski definition) is 5. The second kappa shape index (κ2) is 6.73. The van der Waals surface area contributed by atoms with Crippen LogP contribution in [-0.4, -0.2) is 21.6 Å². The Balaban J connectivity index is 0.00000200. The van der Waals surface area contributed by atoms with Gasteiger partial charge in [0.15, 0.2) is 5.01 Å². The molecule has 9 heteroatoms. The molecule has 20 heavy (non-hydrogen) atoms. The summed E-state index contributed by atoms with van der Waals surface area (Å²) in [7, 11) is 0. The minimum Gasteiger partial charge on any atom is -0.325 e. The Labute approximate surface area is 125 Å². The predicted octanol–water partition coefficient (Wildman–Crippen LogP) is 2.74. The van der Waals surface area contributed by atoms with E-state index in [9.17, 15) is 13.6 Å². The first-order chi connectivity index (χ1) is 8.90. The fourth-order valence-corrected chi connectivity index (χ4v) is 2.96. The maximum atomic E-state index is 12.4. The predicted molar refractivity (Wildman–Crippen MR) is 75.3 cm³/mol. The molecule has 0 radical (unpaired) electrons. The Morgan fingerprint density at radius 2 is 2.20 bits per heavy atom. The van der Waals surface area contributed by atoms with E-state index in [1.807, 2.05) is 6.92 Å². The van der Waals surface area contributed by atoms with Crippen LogP contribution in [0.5, 0.6) is 0 Å². The summed E-state index contributed by atoms with van der Waals surface area (Å²) in [4.78, 5) is 12.1. The molecule has 1 aliphatic rings. The zero-order valence-electron chi connectivity index (χ0n) is 10.9. The average Bonchev–Trinajstić information content (AvgIpc) is 2.76. The van der Waals surface area contributed by atoms with Gasteiger partial charge >= 0.3 is 0 Å². The second-order valence-electron chi connectivity index (χ2n) is 5.04. The molecule has 1 aliphatic carbocycles.